The molecule has 1 unspecified atom stereocenters. The van der Waals surface area contributed by atoms with Gasteiger partial charge >= 0.3 is 17.7 Å². The lowest BCUT2D eigenvalue weighted by molar-refractivity contribution is -0.160. The molecule has 2 aromatic carbocycles. The molecule has 1 heterocycles. The Bertz CT molecular complexity index is 1200. The van der Waals surface area contributed by atoms with Gasteiger partial charge in [-0.1, -0.05) is 60.7 Å². The van der Waals surface area contributed by atoms with Crippen LogP contribution in [0.15, 0.2) is 69.9 Å². The van der Waals surface area contributed by atoms with Crippen molar-refractivity contribution >= 4 is 17.8 Å². The second-order valence-corrected chi connectivity index (χ2v) is 7.29. The Labute approximate surface area is 201 Å². The molecule has 10 heteroatoms. The van der Waals surface area contributed by atoms with E-state index >= 15 is 0 Å². The second-order valence-electron chi connectivity index (χ2n) is 7.29. The number of carbonyl (C=O) groups is 3. The Morgan fingerprint density at radius 3 is 1.91 bits per heavy atom. The monoisotopic (exact) mass is 482 g/mol. The topological polar surface area (TPSA) is 137 Å². The number of oxazole rings is 1. The highest BCUT2D eigenvalue weighted by atomic mass is 16.6. The summed E-state index contributed by atoms with van der Waals surface area (Å²) in [7, 11) is 0. The summed E-state index contributed by atoms with van der Waals surface area (Å²) in [5.74, 6) is -3.73. The number of hydrogen-bond donors (Lipinski definition) is 2. The van der Waals surface area contributed by atoms with Gasteiger partial charge in [-0.05, 0) is 13.8 Å². The Hall–Kier alpha value is -4.18. The first kappa shape index (κ1) is 25.4. The van der Waals surface area contributed by atoms with Gasteiger partial charge in [0.15, 0.2) is 5.76 Å². The molecule has 10 nitrogen and oxygen atoms in total. The molecule has 0 aliphatic rings. The lowest BCUT2D eigenvalue weighted by atomic mass is 10.0. The first-order chi connectivity index (χ1) is 16.9. The van der Waals surface area contributed by atoms with Gasteiger partial charge < -0.3 is 24.3 Å². The highest BCUT2D eigenvalue weighted by molar-refractivity contribution is 6.03. The molecule has 0 spiro atoms. The fourth-order valence-corrected chi connectivity index (χ4v) is 3.51. The molecule has 1 amide bonds. The zero-order valence-electron chi connectivity index (χ0n) is 19.3. The van der Waals surface area contributed by atoms with Crippen LogP contribution in [0.1, 0.15) is 19.9 Å². The van der Waals surface area contributed by atoms with Gasteiger partial charge in [-0.15, -0.1) is 0 Å². The van der Waals surface area contributed by atoms with Gasteiger partial charge in [0.1, 0.15) is 6.04 Å². The van der Waals surface area contributed by atoms with Crippen LogP contribution in [0.3, 0.4) is 0 Å². The quantitative estimate of drug-likeness (QED) is 0.330. The maximum atomic E-state index is 13.2. The molecule has 0 saturated carbocycles. The number of carbonyl (C=O) groups excluding carboxylic acids is 3. The van der Waals surface area contributed by atoms with Gasteiger partial charge in [-0.25, -0.2) is 14.4 Å². The van der Waals surface area contributed by atoms with Crippen molar-refractivity contribution in [2.24, 2.45) is 0 Å². The van der Waals surface area contributed by atoms with Gasteiger partial charge in [0.2, 0.25) is 11.9 Å². The third-order valence-corrected chi connectivity index (χ3v) is 5.04. The molecule has 1 aromatic heterocycles. The number of nitrogens with zero attached hydrogens (tertiary/aromatic N) is 1. The summed E-state index contributed by atoms with van der Waals surface area (Å²) in [6, 6.07) is 14.2. The number of amides is 1. The molecule has 0 aliphatic heterocycles. The molecule has 184 valence electrons. The molecule has 0 radical (unpaired) electrons. The number of nitrogens with one attached hydrogen (secondary N) is 1. The van der Waals surface area contributed by atoms with Crippen LogP contribution < -0.4 is 11.1 Å². The average molecular weight is 482 g/mol. The molecule has 1 atom stereocenters. The lowest BCUT2D eigenvalue weighted by Crippen LogP contribution is -2.51. The number of aliphatic hydroxyl groups is 1. The Kier molecular flexibility index (Phi) is 8.58. The van der Waals surface area contributed by atoms with Crippen molar-refractivity contribution in [3.8, 4) is 22.6 Å². The van der Waals surface area contributed by atoms with E-state index in [1.807, 2.05) is 0 Å². The molecular weight excluding hydrogens is 456 g/mol. The number of esters is 2. The van der Waals surface area contributed by atoms with Crippen molar-refractivity contribution in [1.29, 1.82) is 0 Å². The number of benzene rings is 2. The first-order valence-electron chi connectivity index (χ1n) is 11.0. The summed E-state index contributed by atoms with van der Waals surface area (Å²) < 4.78 is 16.3. The molecule has 3 rings (SSSR count). The molecular formula is C25H26N2O8. The summed E-state index contributed by atoms with van der Waals surface area (Å²) in [6.07, 6.45) is 0. The normalized spacial score (nSPS) is 11.7. The van der Waals surface area contributed by atoms with E-state index in [0.717, 1.165) is 4.57 Å². The van der Waals surface area contributed by atoms with E-state index in [0.29, 0.717) is 11.1 Å². The molecule has 35 heavy (non-hydrogen) atoms. The Balaban J connectivity index is 2.09. The minimum Gasteiger partial charge on any atom is -0.464 e. The van der Waals surface area contributed by atoms with Crippen LogP contribution in [0.4, 0.5) is 0 Å². The average Bonchev–Trinajstić information content (AvgIpc) is 3.21. The van der Waals surface area contributed by atoms with Crippen molar-refractivity contribution in [2.45, 2.75) is 25.9 Å². The summed E-state index contributed by atoms with van der Waals surface area (Å²) in [4.78, 5) is 50.8. The zero-order valence-corrected chi connectivity index (χ0v) is 19.3. The maximum Gasteiger partial charge on any atom is 0.420 e. The first-order valence-corrected chi connectivity index (χ1v) is 11.0. The molecule has 0 aliphatic carbocycles. The Morgan fingerprint density at radius 1 is 0.914 bits per heavy atom. The molecule has 0 fully saturated rings. The van der Waals surface area contributed by atoms with Gasteiger partial charge in [-0.2, -0.15) is 0 Å². The summed E-state index contributed by atoms with van der Waals surface area (Å²) in [6.45, 7) is 2.20. The minimum absolute atomic E-state index is 0.0339. The van der Waals surface area contributed by atoms with Crippen molar-refractivity contribution in [3.63, 3.8) is 0 Å². The molecule has 3 aromatic rings. The van der Waals surface area contributed by atoms with Crippen LogP contribution in [0.25, 0.3) is 22.6 Å². The fraction of sp³-hybridized carbons (Fsp3) is 0.280. The van der Waals surface area contributed by atoms with E-state index in [1.165, 1.54) is 0 Å². The summed E-state index contributed by atoms with van der Waals surface area (Å²) >= 11 is 0. The minimum atomic E-state index is -1.77. The third-order valence-electron chi connectivity index (χ3n) is 5.04. The fourth-order valence-electron chi connectivity index (χ4n) is 3.51. The predicted octanol–water partition coefficient (Wildman–Crippen LogP) is 1.92. The predicted molar refractivity (Wildman–Crippen MR) is 125 cm³/mol. The van der Waals surface area contributed by atoms with Gasteiger partial charge in [0, 0.05) is 11.1 Å². The number of aromatic nitrogens is 1. The number of aliphatic hydroxyl groups excluding tert-OH is 1. The van der Waals surface area contributed by atoms with Crippen molar-refractivity contribution < 1.29 is 33.4 Å². The van der Waals surface area contributed by atoms with Crippen LogP contribution >= 0.6 is 0 Å². The van der Waals surface area contributed by atoms with Crippen molar-refractivity contribution in [1.82, 2.24) is 9.88 Å². The van der Waals surface area contributed by atoms with Gasteiger partial charge in [0.25, 0.3) is 0 Å². The van der Waals surface area contributed by atoms with Crippen molar-refractivity contribution in [2.75, 3.05) is 19.8 Å². The second kappa shape index (κ2) is 11.8. The summed E-state index contributed by atoms with van der Waals surface area (Å²) in [5.41, 5.74) is 1.38. The van der Waals surface area contributed by atoms with Crippen LogP contribution in [0, 0.1) is 0 Å². The van der Waals surface area contributed by atoms with E-state index < -0.39 is 42.3 Å². The van der Waals surface area contributed by atoms with E-state index in [9.17, 15) is 24.3 Å². The van der Waals surface area contributed by atoms with Crippen LogP contribution in [-0.4, -0.2) is 53.4 Å². The molecule has 0 bridgehead atoms. The lowest BCUT2D eigenvalue weighted by Gasteiger charge is -2.21. The third kappa shape index (κ3) is 5.67. The van der Waals surface area contributed by atoms with Crippen LogP contribution in [-0.2, 0) is 23.9 Å². The van der Waals surface area contributed by atoms with E-state index in [-0.39, 0.29) is 24.7 Å². The maximum absolute atomic E-state index is 13.2. The largest absolute Gasteiger partial charge is 0.464 e. The highest BCUT2D eigenvalue weighted by Crippen LogP contribution is 2.33. The summed E-state index contributed by atoms with van der Waals surface area (Å²) in [5, 5.41) is 12.4. The van der Waals surface area contributed by atoms with Crippen LogP contribution in [0.2, 0.25) is 0 Å². The van der Waals surface area contributed by atoms with E-state index in [2.05, 4.69) is 5.32 Å². The van der Waals surface area contributed by atoms with E-state index in [1.54, 1.807) is 74.5 Å². The number of hydrogen-bond acceptors (Lipinski definition) is 8. The van der Waals surface area contributed by atoms with Crippen LogP contribution in [0.5, 0.6) is 0 Å². The standard InChI is InChI=1S/C25H26N2O8/c1-3-33-23(30)19(24(31)34-4-2)26-22(29)18(15-28)27-20(16-11-7-5-8-12-16)21(35-25(27)32)17-13-9-6-10-14-17/h5-14,18-19,28H,3-4,15H2,1-2H3,(H,26,29). The number of ether oxygens (including phenoxy) is 2. The van der Waals surface area contributed by atoms with Gasteiger partial charge in [-0.3, -0.25) is 9.36 Å². The number of rotatable bonds is 10. The van der Waals surface area contributed by atoms with Gasteiger partial charge in [0.05, 0.1) is 25.5 Å². The highest BCUT2D eigenvalue weighted by Gasteiger charge is 2.36. The van der Waals surface area contributed by atoms with Crippen molar-refractivity contribution in [3.05, 3.63) is 71.2 Å². The molecule has 0 saturated heterocycles. The SMILES string of the molecule is CCOC(=O)C(NC(=O)C(CO)n1c(-c2ccccc2)c(-c2ccccc2)oc1=O)C(=O)OCC. The zero-order chi connectivity index (χ0) is 25.4. The Morgan fingerprint density at radius 2 is 1.43 bits per heavy atom. The molecule has 2 N–H and O–H groups in total. The van der Waals surface area contributed by atoms with E-state index in [4.69, 9.17) is 13.9 Å². The smallest absolute Gasteiger partial charge is 0.420 e.